The summed E-state index contributed by atoms with van der Waals surface area (Å²) in [5, 5.41) is 8.22. The van der Waals surface area contributed by atoms with Crippen molar-refractivity contribution in [3.05, 3.63) is 28.5 Å². The number of carbonyl (C=O) groups is 2. The topological polar surface area (TPSA) is 106 Å². The van der Waals surface area contributed by atoms with E-state index in [0.29, 0.717) is 29.4 Å². The van der Waals surface area contributed by atoms with Crippen molar-refractivity contribution < 1.29 is 9.59 Å². The minimum absolute atomic E-state index is 0.213. The fourth-order valence-corrected chi connectivity index (χ4v) is 3.90. The number of rotatable bonds is 4. The number of nitrogens with zero attached hydrogens (tertiary/aromatic N) is 4. The van der Waals surface area contributed by atoms with Gasteiger partial charge in [0.1, 0.15) is 10.9 Å². The SMILES string of the molecule is Cn1ncc2c1CCN(C(=O)c1cnc(NC3CC3)s1)C2C(N)=O. The van der Waals surface area contributed by atoms with Crippen LogP contribution in [0.4, 0.5) is 5.13 Å². The van der Waals surface area contributed by atoms with Gasteiger partial charge < -0.3 is 16.0 Å². The molecule has 0 radical (unpaired) electrons. The predicted octanol–water partition coefficient (Wildman–Crippen LogP) is 0.676. The Morgan fingerprint density at radius 2 is 2.17 bits per heavy atom. The zero-order chi connectivity index (χ0) is 16.8. The fourth-order valence-electron chi connectivity index (χ4n) is 3.05. The molecule has 0 spiro atoms. The number of thiazole rings is 1. The monoisotopic (exact) mass is 346 g/mol. The van der Waals surface area contributed by atoms with E-state index in [1.807, 2.05) is 7.05 Å². The molecule has 1 aliphatic heterocycles. The fraction of sp³-hybridized carbons (Fsp3) is 0.467. The number of fused-ring (bicyclic) bond motifs is 1. The van der Waals surface area contributed by atoms with Crippen molar-refractivity contribution >= 4 is 28.3 Å². The highest BCUT2D eigenvalue weighted by molar-refractivity contribution is 7.17. The smallest absolute Gasteiger partial charge is 0.266 e. The van der Waals surface area contributed by atoms with Gasteiger partial charge in [-0.3, -0.25) is 14.3 Å². The van der Waals surface area contributed by atoms with E-state index in [2.05, 4.69) is 15.4 Å². The normalized spacial score (nSPS) is 19.9. The van der Waals surface area contributed by atoms with E-state index in [0.717, 1.165) is 23.7 Å². The molecule has 1 unspecified atom stereocenters. The second-order valence-corrected chi connectivity index (χ2v) is 7.20. The Labute approximate surface area is 142 Å². The lowest BCUT2D eigenvalue weighted by atomic mass is 9.98. The molecule has 4 rings (SSSR count). The first-order valence-electron chi connectivity index (χ1n) is 7.88. The third-order valence-electron chi connectivity index (χ3n) is 4.44. The quantitative estimate of drug-likeness (QED) is 0.846. The molecule has 1 aliphatic carbocycles. The van der Waals surface area contributed by atoms with Crippen LogP contribution in [0.15, 0.2) is 12.4 Å². The number of hydrogen-bond donors (Lipinski definition) is 2. The molecule has 3 N–H and O–H groups in total. The number of carbonyl (C=O) groups excluding carboxylic acids is 2. The van der Waals surface area contributed by atoms with Gasteiger partial charge in [0.05, 0.1) is 12.4 Å². The van der Waals surface area contributed by atoms with Crippen LogP contribution in [0.2, 0.25) is 0 Å². The predicted molar refractivity (Wildman–Crippen MR) is 88.6 cm³/mol. The Morgan fingerprint density at radius 3 is 2.88 bits per heavy atom. The molecule has 8 nitrogen and oxygen atoms in total. The lowest BCUT2D eigenvalue weighted by molar-refractivity contribution is -0.123. The largest absolute Gasteiger partial charge is 0.368 e. The van der Waals surface area contributed by atoms with Crippen molar-refractivity contribution in [1.82, 2.24) is 19.7 Å². The van der Waals surface area contributed by atoms with Gasteiger partial charge in [-0.2, -0.15) is 5.10 Å². The molecule has 1 fully saturated rings. The first-order chi connectivity index (χ1) is 11.5. The van der Waals surface area contributed by atoms with E-state index in [4.69, 9.17) is 5.73 Å². The minimum atomic E-state index is -0.781. The van der Waals surface area contributed by atoms with Crippen molar-refractivity contribution in [2.75, 3.05) is 11.9 Å². The second-order valence-electron chi connectivity index (χ2n) is 6.17. The third-order valence-corrected chi connectivity index (χ3v) is 5.36. The van der Waals surface area contributed by atoms with Crippen LogP contribution in [0.5, 0.6) is 0 Å². The molecule has 1 atom stereocenters. The van der Waals surface area contributed by atoms with Crippen molar-refractivity contribution in [3.8, 4) is 0 Å². The van der Waals surface area contributed by atoms with E-state index >= 15 is 0 Å². The van der Waals surface area contributed by atoms with Crippen LogP contribution >= 0.6 is 11.3 Å². The van der Waals surface area contributed by atoms with Crippen LogP contribution < -0.4 is 11.1 Å². The van der Waals surface area contributed by atoms with Crippen molar-refractivity contribution in [3.63, 3.8) is 0 Å². The molecule has 9 heteroatoms. The number of nitrogens with one attached hydrogen (secondary N) is 1. The van der Waals surface area contributed by atoms with Gasteiger partial charge in [-0.05, 0) is 12.8 Å². The summed E-state index contributed by atoms with van der Waals surface area (Å²) >= 11 is 1.32. The van der Waals surface area contributed by atoms with Crippen LogP contribution in [-0.4, -0.2) is 44.1 Å². The molecular formula is C15H18N6O2S. The van der Waals surface area contributed by atoms with E-state index < -0.39 is 11.9 Å². The van der Waals surface area contributed by atoms with Crippen LogP contribution in [0.3, 0.4) is 0 Å². The third kappa shape index (κ3) is 2.54. The van der Waals surface area contributed by atoms with Gasteiger partial charge in [0.2, 0.25) is 5.91 Å². The number of primary amides is 1. The number of anilines is 1. The maximum Gasteiger partial charge on any atom is 0.266 e. The Balaban J connectivity index is 1.61. The molecule has 0 bridgehead atoms. The van der Waals surface area contributed by atoms with Gasteiger partial charge in [0, 0.05) is 37.3 Å². The van der Waals surface area contributed by atoms with Crippen LogP contribution in [0, 0.1) is 0 Å². The summed E-state index contributed by atoms with van der Waals surface area (Å²) in [5.41, 5.74) is 7.24. The molecule has 1 saturated carbocycles. The van der Waals surface area contributed by atoms with E-state index in [-0.39, 0.29) is 5.91 Å². The van der Waals surface area contributed by atoms with E-state index in [9.17, 15) is 9.59 Å². The van der Waals surface area contributed by atoms with Crippen LogP contribution in [-0.2, 0) is 18.3 Å². The zero-order valence-corrected chi connectivity index (χ0v) is 14.0. The first kappa shape index (κ1) is 15.1. The van der Waals surface area contributed by atoms with Gasteiger partial charge in [-0.1, -0.05) is 11.3 Å². The van der Waals surface area contributed by atoms with Gasteiger partial charge in [-0.25, -0.2) is 4.98 Å². The molecule has 24 heavy (non-hydrogen) atoms. The lowest BCUT2D eigenvalue weighted by Crippen LogP contribution is -2.45. The molecule has 0 aromatic carbocycles. The highest BCUT2D eigenvalue weighted by Gasteiger charge is 2.37. The lowest BCUT2D eigenvalue weighted by Gasteiger charge is -2.33. The molecule has 2 aliphatic rings. The Kier molecular flexibility index (Phi) is 3.52. The van der Waals surface area contributed by atoms with Gasteiger partial charge >= 0.3 is 0 Å². The Hall–Kier alpha value is -2.42. The zero-order valence-electron chi connectivity index (χ0n) is 13.2. The highest BCUT2D eigenvalue weighted by Crippen LogP contribution is 2.33. The standard InChI is InChI=1S/C15H18N6O2S/c1-20-10-4-5-21(12(13(16)22)9(10)6-18-20)14(23)11-7-17-15(24-11)19-8-2-3-8/h6-8,12H,2-5H2,1H3,(H2,16,22)(H,17,19). The second kappa shape index (κ2) is 5.59. The molecule has 3 heterocycles. The first-order valence-corrected chi connectivity index (χ1v) is 8.69. The molecule has 2 amide bonds. The van der Waals surface area contributed by atoms with Crippen molar-refractivity contribution in [1.29, 1.82) is 0 Å². The van der Waals surface area contributed by atoms with Crippen LogP contribution in [0.25, 0.3) is 0 Å². The Bertz CT molecular complexity index is 809. The summed E-state index contributed by atoms with van der Waals surface area (Å²) in [6.45, 7) is 0.433. The number of amides is 2. The molecule has 2 aromatic heterocycles. The van der Waals surface area contributed by atoms with Crippen molar-refractivity contribution in [2.24, 2.45) is 12.8 Å². The summed E-state index contributed by atoms with van der Waals surface area (Å²) in [7, 11) is 1.83. The van der Waals surface area contributed by atoms with Gasteiger partial charge in [-0.15, -0.1) is 0 Å². The number of hydrogen-bond acceptors (Lipinski definition) is 6. The minimum Gasteiger partial charge on any atom is -0.368 e. The van der Waals surface area contributed by atoms with Crippen LogP contribution in [0.1, 0.15) is 39.8 Å². The number of nitrogens with two attached hydrogens (primary N) is 1. The maximum atomic E-state index is 12.9. The summed E-state index contributed by atoms with van der Waals surface area (Å²) in [4.78, 5) is 31.2. The summed E-state index contributed by atoms with van der Waals surface area (Å²) < 4.78 is 1.73. The average Bonchev–Trinajstić information content (AvgIpc) is 3.11. The van der Waals surface area contributed by atoms with Gasteiger partial charge in [0.15, 0.2) is 5.13 Å². The van der Waals surface area contributed by atoms with E-state index in [1.165, 1.54) is 16.2 Å². The average molecular weight is 346 g/mol. The summed E-state index contributed by atoms with van der Waals surface area (Å²) in [5.74, 6) is -0.757. The number of aryl methyl sites for hydroxylation is 1. The molecule has 126 valence electrons. The molecule has 0 saturated heterocycles. The van der Waals surface area contributed by atoms with Crippen molar-refractivity contribution in [2.45, 2.75) is 31.3 Å². The summed E-state index contributed by atoms with van der Waals surface area (Å²) in [6.07, 6.45) is 6.11. The summed E-state index contributed by atoms with van der Waals surface area (Å²) in [6, 6.07) is -0.303. The molecule has 2 aromatic rings. The number of aromatic nitrogens is 3. The Morgan fingerprint density at radius 1 is 1.38 bits per heavy atom. The van der Waals surface area contributed by atoms with E-state index in [1.54, 1.807) is 17.1 Å². The molecular weight excluding hydrogens is 328 g/mol. The maximum absolute atomic E-state index is 12.9. The van der Waals surface area contributed by atoms with Gasteiger partial charge in [0.25, 0.3) is 5.91 Å². The highest BCUT2D eigenvalue weighted by atomic mass is 32.1.